The van der Waals surface area contributed by atoms with Crippen LogP contribution in [0.3, 0.4) is 0 Å². The Morgan fingerprint density at radius 3 is 2.31 bits per heavy atom. The van der Waals surface area contributed by atoms with Crippen LogP contribution in [0.1, 0.15) is 45.6 Å². The van der Waals surface area contributed by atoms with Gasteiger partial charge in [-0.05, 0) is 0 Å². The number of halogens is 2. The van der Waals surface area contributed by atoms with Crippen LogP contribution >= 0.6 is 17.2 Å². The van der Waals surface area contributed by atoms with Gasteiger partial charge in [0.05, 0.1) is 0 Å². The van der Waals surface area contributed by atoms with Crippen LogP contribution in [0.5, 0.6) is 0 Å². The van der Waals surface area contributed by atoms with Gasteiger partial charge in [0.2, 0.25) is 0 Å². The fraction of sp³-hybridized carbons (Fsp3) is 0.321. The van der Waals surface area contributed by atoms with Gasteiger partial charge in [-0.15, -0.1) is 0 Å². The number of hydrogen-bond donors (Lipinski definition) is 0. The van der Waals surface area contributed by atoms with E-state index in [1.54, 1.807) is 0 Å². The molecular weight excluding hydrogens is 614 g/mol. The van der Waals surface area contributed by atoms with E-state index in [-0.39, 0.29) is 8.71 Å². The molecule has 3 atom stereocenters. The Kier molecular flexibility index (Phi) is 6.29. The predicted octanol–water partition coefficient (Wildman–Crippen LogP) is 8.34. The monoisotopic (exact) mass is 643 g/mol. The first-order valence-electron chi connectivity index (χ1n) is 11.5. The Labute approximate surface area is 209 Å². The van der Waals surface area contributed by atoms with Crippen molar-refractivity contribution >= 4 is 31.2 Å². The first kappa shape index (κ1) is 23.0. The molecule has 0 N–H and O–H groups in total. The van der Waals surface area contributed by atoms with Gasteiger partial charge in [-0.3, -0.25) is 0 Å². The van der Waals surface area contributed by atoms with E-state index in [0.29, 0.717) is 5.92 Å². The summed E-state index contributed by atoms with van der Waals surface area (Å²) in [6, 6.07) is 12.3. The van der Waals surface area contributed by atoms with E-state index in [0.717, 1.165) is 0 Å². The maximum atomic E-state index is 7.22. The molecule has 0 amide bonds. The summed E-state index contributed by atoms with van der Waals surface area (Å²) in [5.74, 6) is 0.655. The van der Waals surface area contributed by atoms with Crippen molar-refractivity contribution in [3.8, 4) is 0 Å². The molecule has 1 aliphatic heterocycles. The van der Waals surface area contributed by atoms with Crippen molar-refractivity contribution in [2.45, 2.75) is 48.9 Å². The molecule has 0 saturated heterocycles. The second-order valence-corrected chi connectivity index (χ2v) is 26.3. The zero-order valence-electron chi connectivity index (χ0n) is 19.2. The summed E-state index contributed by atoms with van der Waals surface area (Å²) < 4.78 is -0.0552. The molecule has 0 fully saturated rings. The molecule has 1 aromatic rings. The van der Waals surface area contributed by atoms with Crippen LogP contribution in [0.4, 0.5) is 0 Å². The summed E-state index contributed by atoms with van der Waals surface area (Å²) >= 11 is -2.96. The van der Waals surface area contributed by atoms with Crippen molar-refractivity contribution in [3.63, 3.8) is 0 Å². The van der Waals surface area contributed by atoms with E-state index in [1.165, 1.54) is 57.0 Å². The van der Waals surface area contributed by atoms with E-state index in [9.17, 15) is 0 Å². The molecule has 3 unspecified atom stereocenters. The van der Waals surface area contributed by atoms with Crippen LogP contribution in [0.25, 0.3) is 0 Å². The third kappa shape index (κ3) is 3.27. The normalized spacial score (nSPS) is 29.2. The first-order valence-corrected chi connectivity index (χ1v) is 24.0. The predicted molar refractivity (Wildman–Crippen MR) is 138 cm³/mol. The number of hydrogen-bond acceptors (Lipinski definition) is 0. The van der Waals surface area contributed by atoms with Crippen molar-refractivity contribution < 1.29 is 19.1 Å². The van der Waals surface area contributed by atoms with Crippen molar-refractivity contribution in [2.75, 3.05) is 0 Å². The van der Waals surface area contributed by atoms with Gasteiger partial charge in [-0.2, -0.15) is 0 Å². The van der Waals surface area contributed by atoms with Gasteiger partial charge >= 0.3 is 210 Å². The van der Waals surface area contributed by atoms with Gasteiger partial charge in [-0.25, -0.2) is 0 Å². The quantitative estimate of drug-likeness (QED) is 0.290. The minimum atomic E-state index is -2.96. The van der Waals surface area contributed by atoms with Crippen LogP contribution in [-0.4, -0.2) is 14.1 Å². The SMILES string of the molecule is CC1=CC(C)=C(C2=C(C)[C]([Si]3=CCC3)([Hf]([Cl])[Cl])C3=C2C(c2ccccc2)C=CC=C3)C1C. The van der Waals surface area contributed by atoms with Crippen LogP contribution in [0.2, 0.25) is 8.84 Å². The van der Waals surface area contributed by atoms with Gasteiger partial charge < -0.3 is 0 Å². The third-order valence-electron chi connectivity index (χ3n) is 7.87. The zero-order chi connectivity index (χ0) is 22.6. The van der Waals surface area contributed by atoms with Gasteiger partial charge in [0.1, 0.15) is 0 Å². The van der Waals surface area contributed by atoms with Crippen molar-refractivity contribution in [2.24, 2.45) is 5.92 Å². The second kappa shape index (κ2) is 8.76. The Bertz CT molecular complexity index is 1190. The Morgan fingerprint density at radius 2 is 1.75 bits per heavy atom. The maximum absolute atomic E-state index is 7.22. The standard InChI is InChI=1S/C28H29Si.2ClH.Hf/c1-18-17-19(2)25(20(18)3)26-21(4)28(29-15-10-16-29)24-14-9-8-13-23(27(24)26)22-11-6-5-7-12-22;;;/h5-9,11-15,17,20,23H,10,16H2,1-4H3;2*1H;/q;;;+2/p-2. The topological polar surface area (TPSA) is 0 Å². The molecular formula is C28H29Cl2HfSi. The van der Waals surface area contributed by atoms with Crippen LogP contribution < -0.4 is 0 Å². The van der Waals surface area contributed by atoms with E-state index in [2.05, 4.69) is 94.1 Å². The summed E-state index contributed by atoms with van der Waals surface area (Å²) in [4.78, 5) is 0. The molecule has 4 heteroatoms. The van der Waals surface area contributed by atoms with E-state index >= 15 is 0 Å². The molecule has 0 bridgehead atoms. The Hall–Kier alpha value is -0.803. The number of allylic oxidation sites excluding steroid dienone is 12. The fourth-order valence-corrected chi connectivity index (χ4v) is 26.8. The van der Waals surface area contributed by atoms with E-state index < -0.39 is 27.5 Å². The number of benzene rings is 1. The third-order valence-corrected chi connectivity index (χ3v) is 28.2. The summed E-state index contributed by atoms with van der Waals surface area (Å²) in [6.07, 6.45) is 12.8. The van der Waals surface area contributed by atoms with E-state index in [1.807, 2.05) is 0 Å². The molecule has 3 aliphatic carbocycles. The summed E-state index contributed by atoms with van der Waals surface area (Å²) in [5, 5.41) is 0. The van der Waals surface area contributed by atoms with Crippen molar-refractivity contribution in [1.82, 2.24) is 0 Å². The van der Waals surface area contributed by atoms with Crippen molar-refractivity contribution in [1.29, 1.82) is 0 Å². The molecule has 0 nitrogen and oxygen atoms in total. The summed E-state index contributed by atoms with van der Waals surface area (Å²) in [5.41, 5.74) is 14.2. The zero-order valence-corrected chi connectivity index (χ0v) is 25.3. The Balaban J connectivity index is 1.85. The van der Waals surface area contributed by atoms with Gasteiger partial charge in [0.25, 0.3) is 0 Å². The molecule has 4 aliphatic rings. The molecule has 0 spiro atoms. The van der Waals surface area contributed by atoms with Gasteiger partial charge in [-0.1, -0.05) is 0 Å². The molecule has 32 heavy (non-hydrogen) atoms. The minimum absolute atomic E-state index is 0.0552. The summed E-state index contributed by atoms with van der Waals surface area (Å²) in [7, 11) is 13.7. The van der Waals surface area contributed by atoms with Crippen LogP contribution in [0.15, 0.2) is 99.7 Å². The van der Waals surface area contributed by atoms with Crippen LogP contribution in [0, 0.1) is 5.92 Å². The van der Waals surface area contributed by atoms with E-state index in [4.69, 9.17) is 17.2 Å². The van der Waals surface area contributed by atoms with Gasteiger partial charge in [0.15, 0.2) is 0 Å². The molecule has 1 aromatic carbocycles. The first-order chi connectivity index (χ1) is 15.4. The van der Waals surface area contributed by atoms with Gasteiger partial charge in [0, 0.05) is 0 Å². The molecule has 0 radical (unpaired) electrons. The number of rotatable bonds is 4. The molecule has 5 rings (SSSR count). The molecule has 0 saturated carbocycles. The summed E-state index contributed by atoms with van der Waals surface area (Å²) in [6.45, 7) is 9.30. The average molecular weight is 643 g/mol. The molecule has 1 heterocycles. The Morgan fingerprint density at radius 1 is 1.03 bits per heavy atom. The van der Waals surface area contributed by atoms with Crippen molar-refractivity contribution in [3.05, 3.63) is 105 Å². The van der Waals surface area contributed by atoms with Crippen LogP contribution in [-0.2, 0) is 19.1 Å². The average Bonchev–Trinajstić information content (AvgIpc) is 3.01. The molecule has 163 valence electrons. The molecule has 0 aromatic heterocycles. The second-order valence-electron chi connectivity index (χ2n) is 9.44. The fourth-order valence-electron chi connectivity index (χ4n) is 6.11.